The van der Waals surface area contributed by atoms with E-state index < -0.39 is 0 Å². The lowest BCUT2D eigenvalue weighted by molar-refractivity contribution is -0.123. The molecule has 0 spiro atoms. The highest BCUT2D eigenvalue weighted by Gasteiger charge is 2.35. The third kappa shape index (κ3) is 2.89. The van der Waals surface area contributed by atoms with Crippen molar-refractivity contribution in [2.45, 2.75) is 6.54 Å². The number of thioether (sulfide) groups is 1. The molecule has 2 aromatic rings. The second kappa shape index (κ2) is 6.07. The van der Waals surface area contributed by atoms with E-state index in [-0.39, 0.29) is 23.4 Å². The van der Waals surface area contributed by atoms with Crippen LogP contribution in [0.25, 0.3) is 6.08 Å². The summed E-state index contributed by atoms with van der Waals surface area (Å²) >= 11 is 0.892. The van der Waals surface area contributed by atoms with Crippen molar-refractivity contribution in [3.63, 3.8) is 0 Å². The van der Waals surface area contributed by atoms with Crippen molar-refractivity contribution in [2.24, 2.45) is 0 Å². The van der Waals surface area contributed by atoms with Gasteiger partial charge < -0.3 is 5.11 Å². The van der Waals surface area contributed by atoms with E-state index in [1.165, 1.54) is 4.90 Å². The molecule has 22 heavy (non-hydrogen) atoms. The molecule has 1 heterocycles. The molecule has 0 saturated carbocycles. The number of phenols is 1. The first-order valence-corrected chi connectivity index (χ1v) is 7.54. The molecule has 0 atom stereocenters. The van der Waals surface area contributed by atoms with Crippen LogP contribution in [0.1, 0.15) is 11.1 Å². The maximum absolute atomic E-state index is 12.4. The highest BCUT2D eigenvalue weighted by molar-refractivity contribution is 8.18. The van der Waals surface area contributed by atoms with E-state index >= 15 is 0 Å². The number of phenolic OH excluding ortho intramolecular Hbond substituents is 1. The number of hydrogen-bond acceptors (Lipinski definition) is 4. The number of imide groups is 1. The Balaban J connectivity index is 1.84. The number of carbonyl (C=O) groups is 2. The van der Waals surface area contributed by atoms with E-state index in [4.69, 9.17) is 0 Å². The molecule has 0 radical (unpaired) electrons. The highest BCUT2D eigenvalue weighted by Crippen LogP contribution is 2.34. The fourth-order valence-electron chi connectivity index (χ4n) is 2.15. The second-order valence-electron chi connectivity index (χ2n) is 4.81. The van der Waals surface area contributed by atoms with Crippen LogP contribution >= 0.6 is 11.8 Å². The average Bonchev–Trinajstić information content (AvgIpc) is 2.78. The molecule has 1 saturated heterocycles. The lowest BCUT2D eigenvalue weighted by atomic mass is 10.2. The highest BCUT2D eigenvalue weighted by atomic mass is 32.2. The van der Waals surface area contributed by atoms with Gasteiger partial charge in [-0.2, -0.15) is 0 Å². The average molecular weight is 311 g/mol. The number of rotatable bonds is 3. The van der Waals surface area contributed by atoms with Crippen LogP contribution in [0.4, 0.5) is 4.79 Å². The van der Waals surface area contributed by atoms with Gasteiger partial charge in [0.15, 0.2) is 0 Å². The molecule has 0 aliphatic carbocycles. The monoisotopic (exact) mass is 311 g/mol. The van der Waals surface area contributed by atoms with Crippen LogP contribution in [0.5, 0.6) is 5.75 Å². The second-order valence-corrected chi connectivity index (χ2v) is 5.81. The first-order valence-electron chi connectivity index (χ1n) is 6.72. The van der Waals surface area contributed by atoms with Crippen molar-refractivity contribution in [3.8, 4) is 5.75 Å². The number of nitrogens with zero attached hydrogens (tertiary/aromatic N) is 1. The summed E-state index contributed by atoms with van der Waals surface area (Å²) < 4.78 is 0. The van der Waals surface area contributed by atoms with Crippen LogP contribution in [-0.2, 0) is 11.3 Å². The molecule has 0 aromatic heterocycles. The van der Waals surface area contributed by atoms with Crippen molar-refractivity contribution in [1.82, 2.24) is 4.90 Å². The lowest BCUT2D eigenvalue weighted by Gasteiger charge is -2.12. The zero-order valence-electron chi connectivity index (χ0n) is 11.6. The zero-order valence-corrected chi connectivity index (χ0v) is 12.4. The number of carbonyl (C=O) groups excluding carboxylic acids is 2. The quantitative estimate of drug-likeness (QED) is 0.879. The number of hydrogen-bond donors (Lipinski definition) is 1. The molecule has 2 aromatic carbocycles. The van der Waals surface area contributed by atoms with Crippen molar-refractivity contribution >= 4 is 29.0 Å². The molecule has 5 heteroatoms. The fourth-order valence-corrected chi connectivity index (χ4v) is 2.98. The van der Waals surface area contributed by atoms with Crippen LogP contribution in [0, 0.1) is 0 Å². The third-order valence-corrected chi connectivity index (χ3v) is 4.19. The van der Waals surface area contributed by atoms with Gasteiger partial charge in [-0.15, -0.1) is 0 Å². The first kappa shape index (κ1) is 14.4. The molecule has 1 N–H and O–H groups in total. The summed E-state index contributed by atoms with van der Waals surface area (Å²) in [6.45, 7) is 0.254. The Hall–Kier alpha value is -2.53. The van der Waals surface area contributed by atoms with Gasteiger partial charge in [0.25, 0.3) is 11.1 Å². The summed E-state index contributed by atoms with van der Waals surface area (Å²) in [5.74, 6) is -0.250. The van der Waals surface area contributed by atoms with Crippen LogP contribution in [0.3, 0.4) is 0 Å². The topological polar surface area (TPSA) is 57.6 Å². The third-order valence-electron chi connectivity index (χ3n) is 3.28. The van der Waals surface area contributed by atoms with Gasteiger partial charge in [0.05, 0.1) is 11.4 Å². The predicted octanol–water partition coefficient (Wildman–Crippen LogP) is 3.63. The Morgan fingerprint density at radius 2 is 1.68 bits per heavy atom. The largest absolute Gasteiger partial charge is 0.507 e. The molecule has 110 valence electrons. The minimum absolute atomic E-state index is 0.0809. The van der Waals surface area contributed by atoms with Gasteiger partial charge in [-0.05, 0) is 29.5 Å². The Kier molecular flexibility index (Phi) is 3.98. The molecule has 0 unspecified atom stereocenters. The molecule has 1 aliphatic rings. The first-order chi connectivity index (χ1) is 10.6. The van der Waals surface area contributed by atoms with Gasteiger partial charge in [-0.3, -0.25) is 14.5 Å². The summed E-state index contributed by atoms with van der Waals surface area (Å²) in [6.07, 6.45) is 1.55. The van der Waals surface area contributed by atoms with Gasteiger partial charge in [-0.1, -0.05) is 48.5 Å². The minimum Gasteiger partial charge on any atom is -0.507 e. The molecule has 1 aliphatic heterocycles. The maximum Gasteiger partial charge on any atom is 0.293 e. The zero-order chi connectivity index (χ0) is 15.5. The van der Waals surface area contributed by atoms with Crippen molar-refractivity contribution in [2.75, 3.05) is 0 Å². The van der Waals surface area contributed by atoms with Gasteiger partial charge >= 0.3 is 0 Å². The minimum atomic E-state index is -0.331. The van der Waals surface area contributed by atoms with Crippen molar-refractivity contribution in [1.29, 1.82) is 0 Å². The van der Waals surface area contributed by atoms with Crippen molar-refractivity contribution in [3.05, 3.63) is 70.6 Å². The van der Waals surface area contributed by atoms with Crippen LogP contribution < -0.4 is 0 Å². The number of amides is 2. The summed E-state index contributed by atoms with van der Waals surface area (Å²) in [4.78, 5) is 25.9. The molecular weight excluding hydrogens is 298 g/mol. The van der Waals surface area contributed by atoms with E-state index in [0.29, 0.717) is 10.5 Å². The molecule has 4 nitrogen and oxygen atoms in total. The number of para-hydroxylation sites is 1. The summed E-state index contributed by atoms with van der Waals surface area (Å²) in [5.41, 5.74) is 1.42. The predicted molar refractivity (Wildman–Crippen MR) is 86.1 cm³/mol. The van der Waals surface area contributed by atoms with Gasteiger partial charge in [0.1, 0.15) is 5.75 Å². The van der Waals surface area contributed by atoms with Crippen LogP contribution in [0.2, 0.25) is 0 Å². The molecule has 0 bridgehead atoms. The molecule has 2 amide bonds. The molecule has 3 rings (SSSR count). The van der Waals surface area contributed by atoms with E-state index in [0.717, 1.165) is 17.3 Å². The van der Waals surface area contributed by atoms with Gasteiger partial charge in [0.2, 0.25) is 0 Å². The SMILES string of the molecule is O=C1SC(=Cc2ccccc2O)C(=O)N1Cc1ccccc1. The molecular formula is C17H13NO3S. The summed E-state index contributed by atoms with van der Waals surface area (Å²) in [7, 11) is 0. The lowest BCUT2D eigenvalue weighted by Crippen LogP contribution is -2.27. The number of benzene rings is 2. The fraction of sp³-hybridized carbons (Fsp3) is 0.0588. The normalized spacial score (nSPS) is 16.5. The van der Waals surface area contributed by atoms with Crippen LogP contribution in [-0.4, -0.2) is 21.2 Å². The number of aromatic hydroxyl groups is 1. The van der Waals surface area contributed by atoms with E-state index in [1.54, 1.807) is 30.3 Å². The van der Waals surface area contributed by atoms with Crippen molar-refractivity contribution < 1.29 is 14.7 Å². The maximum atomic E-state index is 12.4. The Morgan fingerprint density at radius 1 is 1.00 bits per heavy atom. The van der Waals surface area contributed by atoms with Gasteiger partial charge in [0, 0.05) is 5.56 Å². The Bertz CT molecular complexity index is 756. The smallest absolute Gasteiger partial charge is 0.293 e. The Morgan fingerprint density at radius 3 is 2.41 bits per heavy atom. The Labute approximate surface area is 132 Å². The van der Waals surface area contributed by atoms with E-state index in [2.05, 4.69) is 0 Å². The summed E-state index contributed by atoms with van der Waals surface area (Å²) in [5, 5.41) is 9.46. The standard InChI is InChI=1S/C17H13NO3S/c19-14-9-5-4-8-13(14)10-15-16(20)18(17(21)22-15)11-12-6-2-1-3-7-12/h1-10,19H,11H2. The summed E-state index contributed by atoms with van der Waals surface area (Å²) in [6, 6.07) is 16.1. The van der Waals surface area contributed by atoms with Crippen LogP contribution in [0.15, 0.2) is 59.5 Å². The van der Waals surface area contributed by atoms with Gasteiger partial charge in [-0.25, -0.2) is 0 Å². The van der Waals surface area contributed by atoms with E-state index in [9.17, 15) is 14.7 Å². The van der Waals surface area contributed by atoms with E-state index in [1.807, 2.05) is 30.3 Å². The molecule has 1 fully saturated rings.